The summed E-state index contributed by atoms with van der Waals surface area (Å²) in [6.07, 6.45) is -0.489. The van der Waals surface area contributed by atoms with Gasteiger partial charge in [-0.05, 0) is 48.7 Å². The number of para-hydroxylation sites is 1. The fourth-order valence-electron chi connectivity index (χ4n) is 3.09. The number of aliphatic hydroxyl groups excluding tert-OH is 1. The molecule has 0 saturated heterocycles. The number of carbonyl (C=O) groups is 1. The van der Waals surface area contributed by atoms with Gasteiger partial charge in [-0.15, -0.1) is 0 Å². The highest BCUT2D eigenvalue weighted by Crippen LogP contribution is 2.23. The minimum absolute atomic E-state index is 0.158. The number of rotatable bonds is 7. The number of amides is 1. The van der Waals surface area contributed by atoms with Crippen LogP contribution in [0.15, 0.2) is 53.4 Å². The van der Waals surface area contributed by atoms with Crippen molar-refractivity contribution < 1.29 is 23.1 Å². The summed E-state index contributed by atoms with van der Waals surface area (Å²) in [5, 5.41) is 9.46. The molecule has 0 aliphatic carbocycles. The number of hydrogen-bond acceptors (Lipinski definition) is 5. The number of carbonyl (C=O) groups excluding carboxylic acids is 1. The maximum atomic E-state index is 12.5. The predicted octanol–water partition coefficient (Wildman–Crippen LogP) is 1.31. The third kappa shape index (κ3) is 4.89. The van der Waals surface area contributed by atoms with Gasteiger partial charge in [-0.1, -0.05) is 24.3 Å². The third-order valence-corrected chi connectivity index (χ3v) is 6.03. The summed E-state index contributed by atoms with van der Waals surface area (Å²) >= 11 is 0. The van der Waals surface area contributed by atoms with E-state index >= 15 is 0 Å². The Labute approximate surface area is 165 Å². The number of sulfonamides is 1. The molecule has 2 aromatic rings. The molecule has 0 unspecified atom stereocenters. The smallest absolute Gasteiger partial charge is 0.251 e. The summed E-state index contributed by atoms with van der Waals surface area (Å²) in [5.41, 5.74) is 1.80. The second-order valence-electron chi connectivity index (χ2n) is 6.68. The fraction of sp³-hybridized carbons (Fsp3) is 0.350. The summed E-state index contributed by atoms with van der Waals surface area (Å²) in [6, 6.07) is 14.1. The lowest BCUT2D eigenvalue weighted by Crippen LogP contribution is -2.41. The first-order valence-electron chi connectivity index (χ1n) is 9.13. The van der Waals surface area contributed by atoms with E-state index in [2.05, 4.69) is 4.72 Å². The molecule has 28 heavy (non-hydrogen) atoms. The zero-order valence-corrected chi connectivity index (χ0v) is 16.5. The van der Waals surface area contributed by atoms with E-state index in [4.69, 9.17) is 4.74 Å². The Hall–Kier alpha value is -2.42. The van der Waals surface area contributed by atoms with Crippen molar-refractivity contribution in [3.63, 3.8) is 0 Å². The Kier molecular flexibility index (Phi) is 6.33. The lowest BCUT2D eigenvalue weighted by Gasteiger charge is -2.30. The van der Waals surface area contributed by atoms with Crippen molar-refractivity contribution in [2.24, 2.45) is 0 Å². The van der Waals surface area contributed by atoms with E-state index < -0.39 is 16.1 Å². The van der Waals surface area contributed by atoms with Gasteiger partial charge in [0.1, 0.15) is 18.5 Å². The molecule has 1 aliphatic heterocycles. The number of nitrogens with one attached hydrogen (secondary N) is 1. The predicted molar refractivity (Wildman–Crippen MR) is 104 cm³/mol. The minimum atomic E-state index is -3.64. The molecule has 1 heterocycles. The highest BCUT2D eigenvalue weighted by atomic mass is 32.2. The second kappa shape index (κ2) is 8.72. The summed E-state index contributed by atoms with van der Waals surface area (Å²) in [6.45, 7) is 2.66. The molecule has 3 rings (SSSR count). The highest BCUT2D eigenvalue weighted by Gasteiger charge is 2.25. The molecule has 0 spiro atoms. The monoisotopic (exact) mass is 404 g/mol. The van der Waals surface area contributed by atoms with Crippen molar-refractivity contribution >= 4 is 15.9 Å². The second-order valence-corrected chi connectivity index (χ2v) is 8.44. The Morgan fingerprint density at radius 3 is 2.68 bits per heavy atom. The first-order valence-corrected chi connectivity index (χ1v) is 10.6. The molecule has 2 N–H and O–H groups in total. The Bertz CT molecular complexity index is 929. The van der Waals surface area contributed by atoms with E-state index in [1.807, 2.05) is 30.3 Å². The SMILES string of the molecule is C[C@H](O)C(=O)N1CCc2cc(S(=O)(=O)NCCOc3ccccc3)ccc2C1. The van der Waals surface area contributed by atoms with Gasteiger partial charge in [0.15, 0.2) is 0 Å². The number of ether oxygens (including phenoxy) is 1. The highest BCUT2D eigenvalue weighted by molar-refractivity contribution is 7.89. The van der Waals surface area contributed by atoms with Gasteiger partial charge < -0.3 is 14.7 Å². The van der Waals surface area contributed by atoms with Gasteiger partial charge in [0.2, 0.25) is 10.0 Å². The molecule has 0 saturated carbocycles. The number of nitrogens with zero attached hydrogens (tertiary/aromatic N) is 1. The molecule has 1 amide bonds. The van der Waals surface area contributed by atoms with Crippen molar-refractivity contribution in [2.75, 3.05) is 19.7 Å². The average molecular weight is 404 g/mol. The number of hydrogen-bond donors (Lipinski definition) is 2. The van der Waals surface area contributed by atoms with Gasteiger partial charge in [0, 0.05) is 19.6 Å². The Morgan fingerprint density at radius 1 is 1.21 bits per heavy atom. The Morgan fingerprint density at radius 2 is 1.96 bits per heavy atom. The van der Waals surface area contributed by atoms with Crippen LogP contribution in [0.4, 0.5) is 0 Å². The first-order chi connectivity index (χ1) is 13.4. The van der Waals surface area contributed by atoms with E-state index in [0.29, 0.717) is 25.3 Å². The van der Waals surface area contributed by atoms with Crippen molar-refractivity contribution in [3.8, 4) is 5.75 Å². The van der Waals surface area contributed by atoms with Gasteiger partial charge in [-0.2, -0.15) is 0 Å². The van der Waals surface area contributed by atoms with Gasteiger partial charge in [-0.3, -0.25) is 4.79 Å². The van der Waals surface area contributed by atoms with Crippen molar-refractivity contribution in [1.29, 1.82) is 0 Å². The van der Waals surface area contributed by atoms with Gasteiger partial charge in [0.25, 0.3) is 5.91 Å². The molecular formula is C20H24N2O5S. The van der Waals surface area contributed by atoms with Gasteiger partial charge in [0.05, 0.1) is 4.90 Å². The summed E-state index contributed by atoms with van der Waals surface area (Å²) in [4.78, 5) is 13.7. The summed E-state index contributed by atoms with van der Waals surface area (Å²) in [7, 11) is -3.64. The molecule has 0 bridgehead atoms. The van der Waals surface area contributed by atoms with Crippen LogP contribution in [0.25, 0.3) is 0 Å². The minimum Gasteiger partial charge on any atom is -0.492 e. The van der Waals surface area contributed by atoms with Crippen LogP contribution in [0.2, 0.25) is 0 Å². The standard InChI is InChI=1S/C20H24N2O5S/c1-15(23)20(24)22-11-9-16-13-19(8-7-17(16)14-22)28(25,26)21-10-12-27-18-5-3-2-4-6-18/h2-8,13,15,21,23H,9-12,14H2,1H3/t15-/m0/s1. The quantitative estimate of drug-likeness (QED) is 0.679. The lowest BCUT2D eigenvalue weighted by atomic mass is 9.99. The van der Waals surface area contributed by atoms with E-state index in [1.165, 1.54) is 13.0 Å². The van der Waals surface area contributed by atoms with E-state index in [-0.39, 0.29) is 24.0 Å². The van der Waals surface area contributed by atoms with Crippen LogP contribution in [0.5, 0.6) is 5.75 Å². The van der Waals surface area contributed by atoms with Crippen LogP contribution in [-0.2, 0) is 27.8 Å². The van der Waals surface area contributed by atoms with Crippen LogP contribution in [-0.4, -0.2) is 50.1 Å². The molecule has 8 heteroatoms. The molecule has 0 radical (unpaired) electrons. The topological polar surface area (TPSA) is 95.9 Å². The maximum Gasteiger partial charge on any atom is 0.251 e. The molecule has 150 valence electrons. The lowest BCUT2D eigenvalue weighted by molar-refractivity contribution is -0.140. The normalized spacial score (nSPS) is 15.0. The number of fused-ring (bicyclic) bond motifs is 1. The third-order valence-electron chi connectivity index (χ3n) is 4.58. The molecule has 7 nitrogen and oxygen atoms in total. The van der Waals surface area contributed by atoms with E-state index in [0.717, 1.165) is 11.1 Å². The van der Waals surface area contributed by atoms with E-state index in [9.17, 15) is 18.3 Å². The zero-order chi connectivity index (χ0) is 20.1. The van der Waals surface area contributed by atoms with Crippen LogP contribution in [0.3, 0.4) is 0 Å². The molecule has 0 fully saturated rings. The van der Waals surface area contributed by atoms with E-state index in [1.54, 1.807) is 17.0 Å². The Balaban J connectivity index is 1.60. The summed E-state index contributed by atoms with van der Waals surface area (Å²) in [5.74, 6) is 0.370. The van der Waals surface area contributed by atoms with Crippen molar-refractivity contribution in [3.05, 3.63) is 59.7 Å². The zero-order valence-electron chi connectivity index (χ0n) is 15.7. The largest absolute Gasteiger partial charge is 0.492 e. The molecule has 0 aromatic heterocycles. The molecular weight excluding hydrogens is 380 g/mol. The van der Waals surface area contributed by atoms with Crippen LogP contribution < -0.4 is 9.46 Å². The average Bonchev–Trinajstić information content (AvgIpc) is 2.70. The maximum absolute atomic E-state index is 12.5. The van der Waals surface area contributed by atoms with Crippen molar-refractivity contribution in [2.45, 2.75) is 30.9 Å². The molecule has 1 atom stereocenters. The van der Waals surface area contributed by atoms with Gasteiger partial charge in [-0.25, -0.2) is 13.1 Å². The van der Waals surface area contributed by atoms with Crippen LogP contribution in [0, 0.1) is 0 Å². The van der Waals surface area contributed by atoms with Crippen LogP contribution >= 0.6 is 0 Å². The first kappa shape index (κ1) is 20.3. The van der Waals surface area contributed by atoms with Crippen molar-refractivity contribution in [1.82, 2.24) is 9.62 Å². The van der Waals surface area contributed by atoms with Gasteiger partial charge >= 0.3 is 0 Å². The molecule has 1 aliphatic rings. The molecule has 2 aromatic carbocycles. The number of aliphatic hydroxyl groups is 1. The number of benzene rings is 2. The van der Waals surface area contributed by atoms with Crippen LogP contribution in [0.1, 0.15) is 18.1 Å². The summed E-state index contributed by atoms with van der Waals surface area (Å²) < 4.78 is 33.1. The fourth-order valence-corrected chi connectivity index (χ4v) is 4.16.